The van der Waals surface area contributed by atoms with E-state index in [1.165, 1.54) is 28.8 Å². The number of likely N-dealkylation sites (tertiary alicyclic amines) is 1. The molecule has 2 aromatic rings. The van der Waals surface area contributed by atoms with Gasteiger partial charge in [-0.3, -0.25) is 9.78 Å². The van der Waals surface area contributed by atoms with E-state index in [4.69, 9.17) is 4.99 Å². The van der Waals surface area contributed by atoms with E-state index in [1.54, 1.807) is 24.3 Å². The van der Waals surface area contributed by atoms with Crippen molar-refractivity contribution in [3.8, 4) is 0 Å². The maximum Gasteiger partial charge on any atom is 0.407 e. The minimum absolute atomic E-state index is 0.108. The zero-order valence-corrected chi connectivity index (χ0v) is 15.5. The van der Waals surface area contributed by atoms with Gasteiger partial charge in [0, 0.05) is 23.8 Å². The third-order valence-corrected chi connectivity index (χ3v) is 6.00. The Morgan fingerprint density at radius 1 is 1.25 bits per heavy atom. The summed E-state index contributed by atoms with van der Waals surface area (Å²) in [7, 11) is 0. The van der Waals surface area contributed by atoms with Crippen LogP contribution in [0, 0.1) is 11.7 Å². The first-order valence-electron chi connectivity index (χ1n) is 8.67. The molecule has 0 saturated carbocycles. The van der Waals surface area contributed by atoms with Gasteiger partial charge in [-0.1, -0.05) is 30.0 Å². The summed E-state index contributed by atoms with van der Waals surface area (Å²) in [6.07, 6.45) is 0.0651. The van der Waals surface area contributed by atoms with Gasteiger partial charge in [0.05, 0.1) is 18.4 Å². The van der Waals surface area contributed by atoms with Gasteiger partial charge in [-0.2, -0.15) is 0 Å². The second kappa shape index (κ2) is 7.23. The van der Waals surface area contributed by atoms with Crippen molar-refractivity contribution >= 4 is 28.9 Å². The minimum atomic E-state index is -1.04. The number of amides is 2. The molecule has 1 aromatic heterocycles. The number of carbonyl (C=O) groups excluding carboxylic acids is 1. The summed E-state index contributed by atoms with van der Waals surface area (Å²) >= 11 is 1.37. The van der Waals surface area contributed by atoms with Crippen molar-refractivity contribution < 1.29 is 19.1 Å². The van der Waals surface area contributed by atoms with E-state index < -0.39 is 17.4 Å². The van der Waals surface area contributed by atoms with Crippen LogP contribution < -0.4 is 5.32 Å². The monoisotopic (exact) mass is 400 g/mol. The fraction of sp³-hybridized carbons (Fsp3) is 0.263. The van der Waals surface area contributed by atoms with Gasteiger partial charge in [0.1, 0.15) is 11.4 Å². The molecule has 9 heteroatoms. The number of hydrogen-bond acceptors (Lipinski definition) is 5. The molecule has 0 unspecified atom stereocenters. The molecule has 2 aliphatic rings. The number of hydrogen-bond donors (Lipinski definition) is 2. The van der Waals surface area contributed by atoms with E-state index in [1.807, 2.05) is 6.07 Å². The molecule has 4 rings (SSSR count). The fourth-order valence-electron chi connectivity index (χ4n) is 3.56. The number of thioether (sulfide) groups is 1. The normalized spacial score (nSPS) is 23.7. The van der Waals surface area contributed by atoms with Crippen molar-refractivity contribution in [1.29, 1.82) is 0 Å². The second-order valence-corrected chi connectivity index (χ2v) is 7.70. The number of aliphatic imine (C=N–C) groups is 1. The zero-order chi connectivity index (χ0) is 19.7. The summed E-state index contributed by atoms with van der Waals surface area (Å²) < 4.78 is 13.4. The van der Waals surface area contributed by atoms with Crippen molar-refractivity contribution in [1.82, 2.24) is 15.2 Å². The number of aromatic nitrogens is 1. The SMILES string of the molecule is O=C(NC1=N[C@@]2(c3ccc(F)cn3)CN(C(=O)O)C[C@H]2CS1)c1ccccc1. The van der Waals surface area contributed by atoms with E-state index >= 15 is 0 Å². The average Bonchev–Trinajstić information content (AvgIpc) is 3.09. The fourth-order valence-corrected chi connectivity index (χ4v) is 4.69. The molecule has 0 aliphatic carbocycles. The van der Waals surface area contributed by atoms with Crippen molar-refractivity contribution in [3.05, 3.63) is 65.7 Å². The number of carbonyl (C=O) groups is 2. The van der Waals surface area contributed by atoms with Gasteiger partial charge in [0.15, 0.2) is 5.17 Å². The highest BCUT2D eigenvalue weighted by Crippen LogP contribution is 2.44. The maximum absolute atomic E-state index is 13.4. The Bertz CT molecular complexity index is 938. The van der Waals surface area contributed by atoms with Crippen LogP contribution in [0.4, 0.5) is 9.18 Å². The molecule has 2 atom stereocenters. The van der Waals surface area contributed by atoms with E-state index in [0.717, 1.165) is 6.20 Å². The number of benzene rings is 1. The summed E-state index contributed by atoms with van der Waals surface area (Å²) in [5, 5.41) is 12.7. The van der Waals surface area contributed by atoms with Crippen LogP contribution in [0.3, 0.4) is 0 Å². The third-order valence-electron chi connectivity index (χ3n) is 4.97. The third kappa shape index (κ3) is 3.33. The molecule has 28 heavy (non-hydrogen) atoms. The first-order chi connectivity index (χ1) is 13.5. The molecule has 2 amide bonds. The van der Waals surface area contributed by atoms with Gasteiger partial charge < -0.3 is 15.3 Å². The first-order valence-corrected chi connectivity index (χ1v) is 9.65. The first kappa shape index (κ1) is 18.4. The largest absolute Gasteiger partial charge is 0.465 e. The van der Waals surface area contributed by atoms with Crippen LogP contribution in [0.25, 0.3) is 0 Å². The van der Waals surface area contributed by atoms with Crippen LogP contribution in [0.1, 0.15) is 16.1 Å². The van der Waals surface area contributed by atoms with Crippen LogP contribution in [0.2, 0.25) is 0 Å². The lowest BCUT2D eigenvalue weighted by Crippen LogP contribution is -2.43. The number of carboxylic acid groups (broad SMARTS) is 1. The van der Waals surface area contributed by atoms with Gasteiger partial charge in [-0.15, -0.1) is 0 Å². The Labute approximate surface area is 164 Å². The number of halogens is 1. The summed E-state index contributed by atoms with van der Waals surface area (Å²) in [4.78, 5) is 34.2. The quantitative estimate of drug-likeness (QED) is 0.808. The molecule has 0 radical (unpaired) electrons. The van der Waals surface area contributed by atoms with Crippen molar-refractivity contribution in [3.63, 3.8) is 0 Å². The highest BCUT2D eigenvalue weighted by molar-refractivity contribution is 8.13. The number of rotatable bonds is 2. The van der Waals surface area contributed by atoms with Crippen LogP contribution in [0.15, 0.2) is 53.7 Å². The second-order valence-electron chi connectivity index (χ2n) is 6.69. The predicted molar refractivity (Wildman–Crippen MR) is 103 cm³/mol. The Hall–Kier alpha value is -2.94. The molecule has 0 bridgehead atoms. The van der Waals surface area contributed by atoms with Crippen LogP contribution in [-0.2, 0) is 5.54 Å². The molecule has 144 valence electrons. The zero-order valence-electron chi connectivity index (χ0n) is 14.7. The van der Waals surface area contributed by atoms with E-state index in [9.17, 15) is 19.1 Å². The summed E-state index contributed by atoms with van der Waals surface area (Å²) in [6, 6.07) is 11.6. The molecule has 0 spiro atoms. The maximum atomic E-state index is 13.4. The standard InChI is InChI=1S/C19H17FN4O3S/c20-14-6-7-15(21-8-14)19-11-24(18(26)27)9-13(19)10-28-17(23-19)22-16(25)12-4-2-1-3-5-12/h1-8,13H,9-11H2,(H,26,27)(H,22,23,25)/t13-,19-/m0/s1. The number of pyridine rings is 1. The van der Waals surface area contributed by atoms with Crippen LogP contribution in [-0.4, -0.2) is 51.0 Å². The predicted octanol–water partition coefficient (Wildman–Crippen LogP) is 2.56. The van der Waals surface area contributed by atoms with Gasteiger partial charge in [-0.25, -0.2) is 14.2 Å². The molecule has 2 N–H and O–H groups in total. The molecule has 1 fully saturated rings. The van der Waals surface area contributed by atoms with E-state index in [0.29, 0.717) is 28.7 Å². The molecular formula is C19H17FN4O3S. The summed E-state index contributed by atoms with van der Waals surface area (Å²) in [5.41, 5.74) is 0.0475. The number of nitrogens with one attached hydrogen (secondary N) is 1. The van der Waals surface area contributed by atoms with E-state index in [-0.39, 0.29) is 18.4 Å². The van der Waals surface area contributed by atoms with E-state index in [2.05, 4.69) is 10.3 Å². The van der Waals surface area contributed by atoms with Gasteiger partial charge in [0.25, 0.3) is 5.91 Å². The van der Waals surface area contributed by atoms with Crippen molar-refractivity contribution in [2.24, 2.45) is 10.9 Å². The van der Waals surface area contributed by atoms with Crippen molar-refractivity contribution in [2.45, 2.75) is 5.54 Å². The lowest BCUT2D eigenvalue weighted by molar-refractivity contribution is 0.0977. The number of nitrogens with zero attached hydrogens (tertiary/aromatic N) is 3. The number of amidine groups is 1. The lowest BCUT2D eigenvalue weighted by atomic mass is 9.85. The molecular weight excluding hydrogens is 383 g/mol. The smallest absolute Gasteiger partial charge is 0.407 e. The topological polar surface area (TPSA) is 94.9 Å². The molecule has 1 saturated heterocycles. The Kier molecular flexibility index (Phi) is 4.76. The molecule has 7 nitrogen and oxygen atoms in total. The lowest BCUT2D eigenvalue weighted by Gasteiger charge is -2.34. The van der Waals surface area contributed by atoms with Gasteiger partial charge in [-0.05, 0) is 24.3 Å². The van der Waals surface area contributed by atoms with Crippen LogP contribution >= 0.6 is 11.8 Å². The Morgan fingerprint density at radius 2 is 2.04 bits per heavy atom. The Morgan fingerprint density at radius 3 is 2.71 bits per heavy atom. The highest BCUT2D eigenvalue weighted by atomic mass is 32.2. The number of fused-ring (bicyclic) bond motifs is 1. The van der Waals surface area contributed by atoms with Gasteiger partial charge in [0.2, 0.25) is 0 Å². The molecule has 2 aliphatic heterocycles. The highest BCUT2D eigenvalue weighted by Gasteiger charge is 2.52. The average molecular weight is 400 g/mol. The summed E-state index contributed by atoms with van der Waals surface area (Å²) in [5.74, 6) is -0.322. The minimum Gasteiger partial charge on any atom is -0.465 e. The molecule has 3 heterocycles. The molecule has 1 aromatic carbocycles. The van der Waals surface area contributed by atoms with Crippen LogP contribution in [0.5, 0.6) is 0 Å². The van der Waals surface area contributed by atoms with Gasteiger partial charge >= 0.3 is 6.09 Å². The summed E-state index contributed by atoms with van der Waals surface area (Å²) in [6.45, 7) is 0.418. The van der Waals surface area contributed by atoms with Crippen molar-refractivity contribution in [2.75, 3.05) is 18.8 Å². The Balaban J connectivity index is 1.69.